The maximum Gasteiger partial charge on any atom is 0.339 e. The van der Waals surface area contributed by atoms with Crippen molar-refractivity contribution >= 4 is 46.2 Å². The number of rotatable bonds is 8. The van der Waals surface area contributed by atoms with E-state index in [-0.39, 0.29) is 51.0 Å². The molecule has 0 fully saturated rings. The van der Waals surface area contributed by atoms with Gasteiger partial charge in [-0.1, -0.05) is 32.4 Å². The summed E-state index contributed by atoms with van der Waals surface area (Å²) < 4.78 is 31.7. The number of esters is 1. The molecule has 0 radical (unpaired) electrons. The van der Waals surface area contributed by atoms with Crippen LogP contribution in [0.1, 0.15) is 70.2 Å². The molecule has 0 unspecified atom stereocenters. The summed E-state index contributed by atoms with van der Waals surface area (Å²) in [5.41, 5.74) is -1.44. The van der Waals surface area contributed by atoms with Crippen molar-refractivity contribution in [2.45, 2.75) is 47.2 Å². The quantitative estimate of drug-likeness (QED) is 0.175. The highest BCUT2D eigenvalue weighted by Crippen LogP contribution is 2.43. The Hall–Kier alpha value is -4.64. The van der Waals surface area contributed by atoms with Gasteiger partial charge < -0.3 is 29.4 Å². The molecule has 4 aromatic rings. The van der Waals surface area contributed by atoms with Gasteiger partial charge in [-0.15, -0.1) is 0 Å². The molecule has 12 heteroatoms. The fourth-order valence-electron chi connectivity index (χ4n) is 5.25. The van der Waals surface area contributed by atoms with Crippen molar-refractivity contribution in [2.24, 2.45) is 5.41 Å². The summed E-state index contributed by atoms with van der Waals surface area (Å²) in [6.07, 6.45) is 0. The topological polar surface area (TPSA) is 127 Å². The predicted octanol–water partition coefficient (Wildman–Crippen LogP) is 6.18. The molecule has 3 aromatic carbocycles. The van der Waals surface area contributed by atoms with Gasteiger partial charge in [0.25, 0.3) is 16.8 Å². The van der Waals surface area contributed by atoms with Crippen molar-refractivity contribution in [1.29, 1.82) is 0 Å². The molecular formula is C32H31ClFN3O7. The molecule has 0 saturated carbocycles. The average Bonchev–Trinajstić information content (AvgIpc) is 3.50. The highest BCUT2D eigenvalue weighted by molar-refractivity contribution is 6.33. The van der Waals surface area contributed by atoms with E-state index in [0.717, 1.165) is 11.6 Å². The highest BCUT2D eigenvalue weighted by atomic mass is 35.5. The van der Waals surface area contributed by atoms with Crippen molar-refractivity contribution in [1.82, 2.24) is 0 Å². The van der Waals surface area contributed by atoms with Gasteiger partial charge in [0.15, 0.2) is 0 Å². The average molecular weight is 624 g/mol. The second-order valence-electron chi connectivity index (χ2n) is 11.7. The summed E-state index contributed by atoms with van der Waals surface area (Å²) in [6, 6.07) is 6.83. The summed E-state index contributed by atoms with van der Waals surface area (Å²) in [4.78, 5) is 53.3. The molecule has 0 bridgehead atoms. The zero-order chi connectivity index (χ0) is 32.2. The van der Waals surface area contributed by atoms with Crippen LogP contribution in [-0.4, -0.2) is 26.1 Å². The van der Waals surface area contributed by atoms with Gasteiger partial charge in [0.05, 0.1) is 49.3 Å². The first-order valence-electron chi connectivity index (χ1n) is 13.7. The van der Waals surface area contributed by atoms with Gasteiger partial charge in [0.1, 0.15) is 34.5 Å². The molecule has 5 rings (SSSR count). The highest BCUT2D eigenvalue weighted by Gasteiger charge is 2.39. The van der Waals surface area contributed by atoms with E-state index in [1.807, 2.05) is 40.7 Å². The second kappa shape index (κ2) is 11.1. The number of furan rings is 1. The van der Waals surface area contributed by atoms with Crippen LogP contribution in [0.15, 0.2) is 44.3 Å². The summed E-state index contributed by atoms with van der Waals surface area (Å²) in [5.74, 6) is -0.655. The lowest BCUT2D eigenvalue weighted by atomic mass is 9.84. The monoisotopic (exact) mass is 623 g/mol. The predicted molar refractivity (Wildman–Crippen MR) is 165 cm³/mol. The SMILES string of the molecule is COC(=O)c1ccc(OC)cc1N1Cc2c(Cl)cc(F)c(Nc3c(N[C@@H](c4cc(C)c(C)o4)C(C)(C)C)c(=O)c3=O)c2C1=O. The van der Waals surface area contributed by atoms with Crippen LogP contribution in [0.5, 0.6) is 5.75 Å². The number of hydrogen-bond acceptors (Lipinski definition) is 9. The van der Waals surface area contributed by atoms with Crippen molar-refractivity contribution in [3.8, 4) is 5.75 Å². The Kier molecular flexibility index (Phi) is 7.79. The number of benzene rings is 2. The zero-order valence-corrected chi connectivity index (χ0v) is 26.0. The van der Waals surface area contributed by atoms with Gasteiger partial charge in [-0.05, 0) is 49.1 Å². The molecule has 10 nitrogen and oxygen atoms in total. The number of hydrogen-bond donors (Lipinski definition) is 2. The fourth-order valence-corrected chi connectivity index (χ4v) is 5.50. The number of aryl methyl sites for hydroxylation is 2. The third kappa shape index (κ3) is 5.11. The van der Waals surface area contributed by atoms with Crippen molar-refractivity contribution in [3.05, 3.63) is 95.4 Å². The first-order chi connectivity index (χ1) is 20.7. The summed E-state index contributed by atoms with van der Waals surface area (Å²) >= 11 is 6.40. The van der Waals surface area contributed by atoms with Crippen LogP contribution >= 0.6 is 11.6 Å². The molecule has 1 atom stereocenters. The molecule has 44 heavy (non-hydrogen) atoms. The summed E-state index contributed by atoms with van der Waals surface area (Å²) in [7, 11) is 2.64. The number of ether oxygens (including phenoxy) is 2. The molecule has 2 heterocycles. The zero-order valence-electron chi connectivity index (χ0n) is 25.2. The van der Waals surface area contributed by atoms with E-state index in [2.05, 4.69) is 10.6 Å². The maximum absolute atomic E-state index is 15.6. The largest absolute Gasteiger partial charge is 0.497 e. The van der Waals surface area contributed by atoms with Crippen LogP contribution in [0.25, 0.3) is 0 Å². The molecule has 2 N–H and O–H groups in total. The second-order valence-corrected chi connectivity index (χ2v) is 12.1. The molecule has 0 saturated heterocycles. The Morgan fingerprint density at radius 1 is 1.05 bits per heavy atom. The van der Waals surface area contributed by atoms with E-state index in [9.17, 15) is 19.2 Å². The lowest BCUT2D eigenvalue weighted by Crippen LogP contribution is -2.39. The van der Waals surface area contributed by atoms with Gasteiger partial charge in [-0.2, -0.15) is 0 Å². The molecule has 1 aliphatic heterocycles. The number of anilines is 4. The third-order valence-electron chi connectivity index (χ3n) is 7.79. The van der Waals surface area contributed by atoms with Gasteiger partial charge in [0, 0.05) is 16.7 Å². The van der Waals surface area contributed by atoms with Crippen LogP contribution in [0.3, 0.4) is 0 Å². The molecule has 230 valence electrons. The molecule has 0 spiro atoms. The van der Waals surface area contributed by atoms with Gasteiger partial charge in [-0.25, -0.2) is 9.18 Å². The maximum atomic E-state index is 15.6. The van der Waals surface area contributed by atoms with Gasteiger partial charge in [0.2, 0.25) is 0 Å². The standard InChI is InChI=1S/C32H31ClFN3O7/c1-14-10-22(44-15(14)2)29(32(3,4)5)36-26-25(27(38)28(26)39)35-24-20(34)12-19(33)18-13-37(30(40)23(18)24)21-11-16(42-6)8-9-17(21)31(41)43-7/h8-12,29,35-36H,13H2,1-7H3/t29-/m0/s1. The molecule has 1 aromatic heterocycles. The van der Waals surface area contributed by atoms with E-state index >= 15 is 4.39 Å². The Morgan fingerprint density at radius 2 is 1.73 bits per heavy atom. The number of fused-ring (bicyclic) bond motifs is 1. The van der Waals surface area contributed by atoms with Gasteiger partial charge >= 0.3 is 5.97 Å². The van der Waals surface area contributed by atoms with Crippen LogP contribution in [-0.2, 0) is 11.3 Å². The van der Waals surface area contributed by atoms with E-state index in [4.69, 9.17) is 25.5 Å². The number of halogens is 2. The van der Waals surface area contributed by atoms with E-state index in [0.29, 0.717) is 17.3 Å². The van der Waals surface area contributed by atoms with E-state index in [1.165, 1.54) is 31.3 Å². The lowest BCUT2D eigenvalue weighted by Gasteiger charge is -2.31. The summed E-state index contributed by atoms with van der Waals surface area (Å²) in [5, 5.41) is 5.82. The Labute approximate surface area is 257 Å². The summed E-state index contributed by atoms with van der Waals surface area (Å²) in [6.45, 7) is 9.44. The van der Waals surface area contributed by atoms with Crippen LogP contribution in [0, 0.1) is 25.1 Å². The third-order valence-corrected chi connectivity index (χ3v) is 8.13. The number of methoxy groups -OCH3 is 2. The van der Waals surface area contributed by atoms with Crippen molar-refractivity contribution < 1.29 is 27.9 Å². The molecule has 1 aliphatic rings. The minimum absolute atomic E-state index is 0.0267. The van der Waals surface area contributed by atoms with Gasteiger partial charge in [-0.3, -0.25) is 14.4 Å². The van der Waals surface area contributed by atoms with Crippen LogP contribution in [0.2, 0.25) is 5.02 Å². The molecule has 1 amide bonds. The normalized spacial score (nSPS) is 13.7. The lowest BCUT2D eigenvalue weighted by molar-refractivity contribution is 0.0601. The molecular weight excluding hydrogens is 593 g/mol. The minimum Gasteiger partial charge on any atom is -0.497 e. The van der Waals surface area contributed by atoms with E-state index < -0.39 is 40.0 Å². The fraction of sp³-hybridized carbons (Fsp3) is 0.312. The number of carbonyl (C=O) groups excluding carboxylic acids is 2. The van der Waals surface area contributed by atoms with Crippen molar-refractivity contribution in [3.63, 3.8) is 0 Å². The Morgan fingerprint density at radius 3 is 2.32 bits per heavy atom. The van der Waals surface area contributed by atoms with Crippen LogP contribution in [0.4, 0.5) is 27.1 Å². The Bertz CT molecular complexity index is 1880. The number of carbonyl (C=O) groups is 2. The number of nitrogens with zero attached hydrogens (tertiary/aromatic N) is 1. The molecule has 0 aliphatic carbocycles. The minimum atomic E-state index is -0.911. The van der Waals surface area contributed by atoms with Crippen LogP contribution < -0.4 is 31.1 Å². The number of nitrogens with one attached hydrogen (secondary N) is 2. The smallest absolute Gasteiger partial charge is 0.339 e. The first-order valence-corrected chi connectivity index (χ1v) is 14.1. The first kappa shape index (κ1) is 30.8. The number of amides is 1. The van der Waals surface area contributed by atoms with Crippen molar-refractivity contribution in [2.75, 3.05) is 29.8 Å². The van der Waals surface area contributed by atoms with E-state index in [1.54, 1.807) is 6.07 Å². The Balaban J connectivity index is 1.56.